The molecule has 88 valence electrons. The second-order valence-corrected chi connectivity index (χ2v) is 5.03. The summed E-state index contributed by atoms with van der Waals surface area (Å²) in [4.78, 5) is 12.0. The topological polar surface area (TPSA) is 55.1 Å². The molecule has 6 heteroatoms. The van der Waals surface area contributed by atoms with Crippen molar-refractivity contribution in [2.75, 3.05) is 6.26 Å². The number of aromatic nitrogens is 2. The summed E-state index contributed by atoms with van der Waals surface area (Å²) in [6.45, 7) is 0. The maximum Gasteiger partial charge on any atom is 0.339 e. The van der Waals surface area contributed by atoms with E-state index in [4.69, 9.17) is 0 Å². The first-order valence-corrected chi connectivity index (χ1v) is 6.76. The highest BCUT2D eigenvalue weighted by Crippen LogP contribution is 2.26. The quantitative estimate of drug-likeness (QED) is 0.885. The molecule has 4 nitrogen and oxygen atoms in total. The van der Waals surface area contributed by atoms with Crippen molar-refractivity contribution in [2.45, 2.75) is 4.90 Å². The third-order valence-corrected chi connectivity index (χ3v) is 3.43. The van der Waals surface area contributed by atoms with Crippen LogP contribution in [-0.2, 0) is 0 Å². The molecule has 1 aromatic heterocycles. The first kappa shape index (κ1) is 12.2. The number of carboxylic acids is 1. The van der Waals surface area contributed by atoms with Gasteiger partial charge in [0.2, 0.25) is 0 Å². The van der Waals surface area contributed by atoms with E-state index in [0.29, 0.717) is 5.69 Å². The number of thioether (sulfide) groups is 1. The van der Waals surface area contributed by atoms with Crippen molar-refractivity contribution in [1.82, 2.24) is 9.78 Å². The van der Waals surface area contributed by atoms with E-state index < -0.39 is 5.97 Å². The van der Waals surface area contributed by atoms with Crippen molar-refractivity contribution in [2.24, 2.45) is 0 Å². The molecule has 0 radical (unpaired) electrons. The second kappa shape index (κ2) is 4.93. The molecule has 0 fully saturated rings. The third kappa shape index (κ3) is 2.37. The largest absolute Gasteiger partial charge is 0.478 e. The van der Waals surface area contributed by atoms with E-state index in [1.54, 1.807) is 29.2 Å². The highest BCUT2D eigenvalue weighted by atomic mass is 79.9. The fourth-order valence-electron chi connectivity index (χ4n) is 1.53. The average Bonchev–Trinajstić information content (AvgIpc) is 2.74. The lowest BCUT2D eigenvalue weighted by atomic mass is 10.2. The Morgan fingerprint density at radius 2 is 2.29 bits per heavy atom. The van der Waals surface area contributed by atoms with Gasteiger partial charge in [0.1, 0.15) is 0 Å². The van der Waals surface area contributed by atoms with E-state index >= 15 is 0 Å². The predicted octanol–water partition coefficient (Wildman–Crippen LogP) is 3.05. The summed E-state index contributed by atoms with van der Waals surface area (Å²) in [6, 6.07) is 5.35. The molecule has 1 aromatic carbocycles. The molecule has 1 heterocycles. The van der Waals surface area contributed by atoms with Crippen molar-refractivity contribution >= 4 is 33.7 Å². The zero-order valence-electron chi connectivity index (χ0n) is 8.92. The molecule has 0 aliphatic rings. The maximum atomic E-state index is 11.3. The van der Waals surface area contributed by atoms with Crippen LogP contribution in [-0.4, -0.2) is 27.1 Å². The highest BCUT2D eigenvalue weighted by Gasteiger charge is 2.16. The minimum Gasteiger partial charge on any atom is -0.478 e. The van der Waals surface area contributed by atoms with Gasteiger partial charge < -0.3 is 5.11 Å². The van der Waals surface area contributed by atoms with Gasteiger partial charge in [0, 0.05) is 11.1 Å². The first-order chi connectivity index (χ1) is 8.13. The Morgan fingerprint density at radius 3 is 2.82 bits per heavy atom. The van der Waals surface area contributed by atoms with Gasteiger partial charge in [-0.15, -0.1) is 11.8 Å². The molecule has 17 heavy (non-hydrogen) atoms. The van der Waals surface area contributed by atoms with Crippen LogP contribution in [0.2, 0.25) is 0 Å². The number of carbonyl (C=O) groups is 1. The fourth-order valence-corrected chi connectivity index (χ4v) is 2.42. The molecular formula is C11H9BrN2O2S. The van der Waals surface area contributed by atoms with Crippen LogP contribution in [0.15, 0.2) is 40.0 Å². The molecular weight excluding hydrogens is 304 g/mol. The van der Waals surface area contributed by atoms with Gasteiger partial charge in [-0.1, -0.05) is 6.07 Å². The van der Waals surface area contributed by atoms with Crippen LogP contribution in [0.4, 0.5) is 0 Å². The third-order valence-electron chi connectivity index (χ3n) is 2.24. The lowest BCUT2D eigenvalue weighted by Gasteiger charge is -2.09. The molecule has 0 unspecified atom stereocenters. The molecule has 0 aliphatic heterocycles. The van der Waals surface area contributed by atoms with Gasteiger partial charge in [-0.05, 0) is 34.3 Å². The van der Waals surface area contributed by atoms with Crippen LogP contribution < -0.4 is 0 Å². The van der Waals surface area contributed by atoms with Gasteiger partial charge in [0.25, 0.3) is 0 Å². The Labute approximate surface area is 111 Å². The zero-order chi connectivity index (χ0) is 12.4. The van der Waals surface area contributed by atoms with Gasteiger partial charge in [0.15, 0.2) is 0 Å². The fraction of sp³-hybridized carbons (Fsp3) is 0.0909. The molecule has 0 aliphatic carbocycles. The normalized spacial score (nSPS) is 10.5. The van der Waals surface area contributed by atoms with Gasteiger partial charge >= 0.3 is 5.97 Å². The van der Waals surface area contributed by atoms with E-state index in [9.17, 15) is 9.90 Å². The Balaban J connectivity index is 2.65. The Morgan fingerprint density at radius 1 is 1.53 bits per heavy atom. The highest BCUT2D eigenvalue weighted by molar-refractivity contribution is 9.10. The van der Waals surface area contributed by atoms with E-state index in [1.165, 1.54) is 11.8 Å². The number of nitrogens with zero attached hydrogens (tertiary/aromatic N) is 2. The van der Waals surface area contributed by atoms with Crippen molar-refractivity contribution in [3.63, 3.8) is 0 Å². The van der Waals surface area contributed by atoms with E-state index in [2.05, 4.69) is 21.0 Å². The Hall–Kier alpha value is -1.27. The lowest BCUT2D eigenvalue weighted by Crippen LogP contribution is -2.07. The second-order valence-electron chi connectivity index (χ2n) is 3.26. The van der Waals surface area contributed by atoms with Gasteiger partial charge in [-0.3, -0.25) is 0 Å². The summed E-state index contributed by atoms with van der Waals surface area (Å²) in [5.74, 6) is -0.948. The van der Waals surface area contributed by atoms with Crippen molar-refractivity contribution in [3.8, 4) is 5.69 Å². The molecule has 0 atom stereocenters. The number of rotatable bonds is 3. The van der Waals surface area contributed by atoms with Crippen molar-refractivity contribution < 1.29 is 9.90 Å². The monoisotopic (exact) mass is 312 g/mol. The number of aromatic carboxylic acids is 1. The summed E-state index contributed by atoms with van der Waals surface area (Å²) in [7, 11) is 0. The maximum absolute atomic E-state index is 11.3. The number of hydrogen-bond donors (Lipinski definition) is 1. The van der Waals surface area contributed by atoms with Crippen molar-refractivity contribution in [3.05, 3.63) is 40.6 Å². The summed E-state index contributed by atoms with van der Waals surface area (Å²) < 4.78 is 2.36. The Kier molecular flexibility index (Phi) is 3.54. The van der Waals surface area contributed by atoms with Crippen molar-refractivity contribution in [1.29, 1.82) is 0 Å². The molecule has 0 saturated carbocycles. The Bertz CT molecular complexity index is 568. The number of hydrogen-bond acceptors (Lipinski definition) is 3. The minimum atomic E-state index is -0.948. The van der Waals surface area contributed by atoms with Crippen LogP contribution in [0, 0.1) is 0 Å². The van der Waals surface area contributed by atoms with E-state index in [1.807, 2.05) is 12.3 Å². The number of carboxylic acid groups (broad SMARTS) is 1. The summed E-state index contributed by atoms with van der Waals surface area (Å²) >= 11 is 4.70. The average molecular weight is 313 g/mol. The summed E-state index contributed by atoms with van der Waals surface area (Å²) in [5.41, 5.74) is 0.839. The van der Waals surface area contributed by atoms with E-state index in [0.717, 1.165) is 9.37 Å². The predicted molar refractivity (Wildman–Crippen MR) is 70.0 cm³/mol. The van der Waals surface area contributed by atoms with Crippen LogP contribution in [0.5, 0.6) is 0 Å². The SMILES string of the molecule is CSc1cccc(-n2cc(Br)cn2)c1C(=O)O. The number of halogens is 1. The summed E-state index contributed by atoms with van der Waals surface area (Å²) in [5, 5.41) is 13.4. The van der Waals surface area contributed by atoms with Crippen LogP contribution >= 0.6 is 27.7 Å². The van der Waals surface area contributed by atoms with Gasteiger partial charge in [-0.2, -0.15) is 5.10 Å². The lowest BCUT2D eigenvalue weighted by molar-refractivity contribution is 0.0693. The molecule has 0 amide bonds. The van der Waals surface area contributed by atoms with Gasteiger partial charge in [0.05, 0.1) is 21.9 Å². The molecule has 2 rings (SSSR count). The number of benzene rings is 1. The molecule has 0 spiro atoms. The first-order valence-electron chi connectivity index (χ1n) is 4.74. The zero-order valence-corrected chi connectivity index (χ0v) is 11.3. The van der Waals surface area contributed by atoms with E-state index in [-0.39, 0.29) is 5.56 Å². The molecule has 0 saturated heterocycles. The van der Waals surface area contributed by atoms with Crippen LogP contribution in [0.25, 0.3) is 5.69 Å². The molecule has 2 aromatic rings. The standard InChI is InChI=1S/C11H9BrN2O2S/c1-17-9-4-2-3-8(10(9)11(15)16)14-6-7(12)5-13-14/h2-6H,1H3,(H,15,16). The smallest absolute Gasteiger partial charge is 0.339 e. The summed E-state index contributed by atoms with van der Waals surface area (Å²) in [6.07, 6.45) is 5.20. The van der Waals surface area contributed by atoms with Crippen LogP contribution in [0.3, 0.4) is 0 Å². The van der Waals surface area contributed by atoms with Crippen LogP contribution in [0.1, 0.15) is 10.4 Å². The molecule has 1 N–H and O–H groups in total. The van der Waals surface area contributed by atoms with Gasteiger partial charge in [-0.25, -0.2) is 9.48 Å². The minimum absolute atomic E-state index is 0.274. The molecule has 0 bridgehead atoms.